The second-order valence-corrected chi connectivity index (χ2v) is 4.18. The topological polar surface area (TPSA) is 72.6 Å². The molecule has 2 amide bonds. The number of rotatable bonds is 4. The molecule has 2 N–H and O–H groups in total. The minimum Gasteiger partial charge on any atom is -0.435 e. The average Bonchev–Trinajstić information content (AvgIpc) is 2.72. The Bertz CT molecular complexity index is 490. The third kappa shape index (κ3) is 2.98. The van der Waals surface area contributed by atoms with Gasteiger partial charge in [-0.25, -0.2) is 0 Å². The Balaban J connectivity index is 2.10. The molecule has 0 saturated carbocycles. The number of ether oxygens (including phenoxy) is 1. The van der Waals surface area contributed by atoms with Crippen LogP contribution in [0, 0.1) is 5.92 Å². The van der Waals surface area contributed by atoms with Crippen LogP contribution in [-0.4, -0.2) is 25.0 Å². The number of amides is 2. The summed E-state index contributed by atoms with van der Waals surface area (Å²) in [6.45, 7) is -2.68. The van der Waals surface area contributed by atoms with Crippen molar-refractivity contribution in [2.45, 2.75) is 13.0 Å². The van der Waals surface area contributed by atoms with E-state index in [1.54, 1.807) is 0 Å². The van der Waals surface area contributed by atoms with Gasteiger partial charge in [0.2, 0.25) is 11.8 Å². The Morgan fingerprint density at radius 2 is 2.00 bits per heavy atom. The molecule has 102 valence electrons. The number of hydrogen-bond acceptors (Lipinski definition) is 3. The number of primary amides is 1. The van der Waals surface area contributed by atoms with Crippen molar-refractivity contribution in [3.63, 3.8) is 0 Å². The van der Waals surface area contributed by atoms with E-state index in [0.29, 0.717) is 5.69 Å². The Morgan fingerprint density at radius 1 is 1.37 bits per heavy atom. The molecule has 7 heteroatoms. The van der Waals surface area contributed by atoms with Crippen molar-refractivity contribution in [1.82, 2.24) is 0 Å². The lowest BCUT2D eigenvalue weighted by Crippen LogP contribution is -2.28. The fourth-order valence-corrected chi connectivity index (χ4v) is 1.96. The number of alkyl halides is 2. The Labute approximate surface area is 107 Å². The summed E-state index contributed by atoms with van der Waals surface area (Å²) in [4.78, 5) is 24.2. The molecule has 1 fully saturated rings. The number of carbonyl (C=O) groups is 2. The van der Waals surface area contributed by atoms with Gasteiger partial charge in [0, 0.05) is 18.7 Å². The molecule has 0 bridgehead atoms. The molecule has 0 aromatic heterocycles. The first kappa shape index (κ1) is 13.3. The molecule has 0 aliphatic carbocycles. The van der Waals surface area contributed by atoms with Crippen molar-refractivity contribution < 1.29 is 23.1 Å². The summed E-state index contributed by atoms with van der Waals surface area (Å²) in [6, 6.07) is 5.65. The molecule has 1 aromatic rings. The van der Waals surface area contributed by atoms with E-state index in [1.807, 2.05) is 0 Å². The third-order valence-corrected chi connectivity index (χ3v) is 2.90. The average molecular weight is 270 g/mol. The van der Waals surface area contributed by atoms with Gasteiger partial charge in [0.05, 0.1) is 5.92 Å². The van der Waals surface area contributed by atoms with Crippen LogP contribution in [0.15, 0.2) is 24.3 Å². The van der Waals surface area contributed by atoms with Crippen LogP contribution in [0.1, 0.15) is 6.42 Å². The summed E-state index contributed by atoms with van der Waals surface area (Å²) >= 11 is 0. The molecule has 0 spiro atoms. The highest BCUT2D eigenvalue weighted by atomic mass is 19.3. The van der Waals surface area contributed by atoms with Gasteiger partial charge in [0.1, 0.15) is 5.75 Å². The SMILES string of the molecule is NC(=O)C1CC(=O)N(c2ccc(OC(F)F)cc2)C1. The molecule has 1 unspecified atom stereocenters. The smallest absolute Gasteiger partial charge is 0.387 e. The summed E-state index contributed by atoms with van der Waals surface area (Å²) in [5, 5.41) is 0. The number of nitrogens with two attached hydrogens (primary N) is 1. The summed E-state index contributed by atoms with van der Waals surface area (Å²) in [5.74, 6) is -1.24. The van der Waals surface area contributed by atoms with Gasteiger partial charge in [-0.1, -0.05) is 0 Å². The normalized spacial score (nSPS) is 19.0. The van der Waals surface area contributed by atoms with Crippen molar-refractivity contribution in [2.75, 3.05) is 11.4 Å². The molecule has 1 heterocycles. The van der Waals surface area contributed by atoms with Gasteiger partial charge < -0.3 is 15.4 Å². The third-order valence-electron chi connectivity index (χ3n) is 2.90. The number of anilines is 1. The zero-order valence-corrected chi connectivity index (χ0v) is 9.88. The first-order valence-electron chi connectivity index (χ1n) is 5.62. The Hall–Kier alpha value is -2.18. The number of carbonyl (C=O) groups excluding carboxylic acids is 2. The van der Waals surface area contributed by atoms with Crippen LogP contribution < -0.4 is 15.4 Å². The lowest BCUT2D eigenvalue weighted by atomic mass is 10.1. The van der Waals surface area contributed by atoms with E-state index in [2.05, 4.69) is 4.74 Å². The van der Waals surface area contributed by atoms with Gasteiger partial charge in [0.15, 0.2) is 0 Å². The van der Waals surface area contributed by atoms with Crippen molar-refractivity contribution in [3.8, 4) is 5.75 Å². The predicted octanol–water partition coefficient (Wildman–Crippen LogP) is 1.13. The minimum absolute atomic E-state index is 0.0110. The lowest BCUT2D eigenvalue weighted by Gasteiger charge is -2.16. The molecule has 5 nitrogen and oxygen atoms in total. The highest BCUT2D eigenvalue weighted by Gasteiger charge is 2.33. The molecule has 19 heavy (non-hydrogen) atoms. The van der Waals surface area contributed by atoms with Crippen LogP contribution in [0.3, 0.4) is 0 Å². The highest BCUT2D eigenvalue weighted by Crippen LogP contribution is 2.27. The van der Waals surface area contributed by atoms with E-state index < -0.39 is 18.4 Å². The maximum atomic E-state index is 12.0. The van der Waals surface area contributed by atoms with Crippen molar-refractivity contribution >= 4 is 17.5 Å². The van der Waals surface area contributed by atoms with E-state index in [9.17, 15) is 18.4 Å². The second kappa shape index (κ2) is 5.21. The van der Waals surface area contributed by atoms with Gasteiger partial charge in [-0.2, -0.15) is 8.78 Å². The van der Waals surface area contributed by atoms with Gasteiger partial charge in [-0.3, -0.25) is 9.59 Å². The van der Waals surface area contributed by atoms with E-state index >= 15 is 0 Å². The van der Waals surface area contributed by atoms with Crippen LogP contribution in [-0.2, 0) is 9.59 Å². The standard InChI is InChI=1S/C12H12F2N2O3/c13-12(14)19-9-3-1-8(2-4-9)16-6-7(11(15)18)5-10(16)17/h1-4,7,12H,5-6H2,(H2,15,18). The van der Waals surface area contributed by atoms with Crippen LogP contribution >= 0.6 is 0 Å². The van der Waals surface area contributed by atoms with Gasteiger partial charge in [0.25, 0.3) is 0 Å². The molecule has 1 aliphatic heterocycles. The number of hydrogen-bond donors (Lipinski definition) is 1. The molecular formula is C12H12F2N2O3. The van der Waals surface area contributed by atoms with Gasteiger partial charge in [-0.15, -0.1) is 0 Å². The molecular weight excluding hydrogens is 258 g/mol. The fraction of sp³-hybridized carbons (Fsp3) is 0.333. The van der Waals surface area contributed by atoms with E-state index in [4.69, 9.17) is 5.73 Å². The highest BCUT2D eigenvalue weighted by molar-refractivity contribution is 6.00. The monoisotopic (exact) mass is 270 g/mol. The quantitative estimate of drug-likeness (QED) is 0.891. The van der Waals surface area contributed by atoms with E-state index in [-0.39, 0.29) is 24.6 Å². The predicted molar refractivity (Wildman–Crippen MR) is 62.7 cm³/mol. The molecule has 1 aliphatic rings. The van der Waals surface area contributed by atoms with Gasteiger partial charge >= 0.3 is 6.61 Å². The van der Waals surface area contributed by atoms with E-state index in [1.165, 1.54) is 29.2 Å². The Kier molecular flexibility index (Phi) is 3.64. The second-order valence-electron chi connectivity index (χ2n) is 4.18. The molecule has 1 saturated heterocycles. The molecule has 1 aromatic carbocycles. The minimum atomic E-state index is -2.89. The zero-order valence-electron chi connectivity index (χ0n) is 9.88. The number of benzene rings is 1. The lowest BCUT2D eigenvalue weighted by molar-refractivity contribution is -0.123. The van der Waals surface area contributed by atoms with E-state index in [0.717, 1.165) is 0 Å². The van der Waals surface area contributed by atoms with Crippen molar-refractivity contribution in [1.29, 1.82) is 0 Å². The summed E-state index contributed by atoms with van der Waals surface area (Å²) in [6.07, 6.45) is 0.0740. The summed E-state index contributed by atoms with van der Waals surface area (Å²) in [7, 11) is 0. The molecule has 0 radical (unpaired) electrons. The largest absolute Gasteiger partial charge is 0.435 e. The number of halogens is 2. The molecule has 1 atom stereocenters. The van der Waals surface area contributed by atoms with Crippen molar-refractivity contribution in [3.05, 3.63) is 24.3 Å². The van der Waals surface area contributed by atoms with Crippen LogP contribution in [0.2, 0.25) is 0 Å². The number of nitrogens with zero attached hydrogens (tertiary/aromatic N) is 1. The van der Waals surface area contributed by atoms with Crippen LogP contribution in [0.4, 0.5) is 14.5 Å². The Morgan fingerprint density at radius 3 is 2.47 bits per heavy atom. The van der Waals surface area contributed by atoms with Gasteiger partial charge in [-0.05, 0) is 24.3 Å². The summed E-state index contributed by atoms with van der Waals surface area (Å²) < 4.78 is 28.2. The fourth-order valence-electron chi connectivity index (χ4n) is 1.96. The zero-order chi connectivity index (χ0) is 14.0. The van der Waals surface area contributed by atoms with Crippen LogP contribution in [0.5, 0.6) is 5.75 Å². The maximum Gasteiger partial charge on any atom is 0.387 e. The van der Waals surface area contributed by atoms with Crippen LogP contribution in [0.25, 0.3) is 0 Å². The van der Waals surface area contributed by atoms with Crippen molar-refractivity contribution in [2.24, 2.45) is 11.7 Å². The maximum absolute atomic E-state index is 12.0. The first-order valence-corrected chi connectivity index (χ1v) is 5.62. The summed E-state index contributed by atoms with van der Waals surface area (Å²) in [5.41, 5.74) is 5.68. The molecule has 2 rings (SSSR count). The first-order chi connectivity index (χ1) is 8.97.